The molecule has 15 heavy (non-hydrogen) atoms. The van der Waals surface area contributed by atoms with E-state index in [0.29, 0.717) is 18.6 Å². The van der Waals surface area contributed by atoms with Crippen molar-refractivity contribution in [2.75, 3.05) is 26.7 Å². The molecule has 1 heterocycles. The number of rotatable bonds is 5. The normalized spacial score (nSPS) is 26.9. The predicted molar refractivity (Wildman–Crippen MR) is 59.7 cm³/mol. The molecule has 1 atom stereocenters. The highest BCUT2D eigenvalue weighted by atomic mass is 16.2. The van der Waals surface area contributed by atoms with Crippen LogP contribution in [0, 0.1) is 0 Å². The van der Waals surface area contributed by atoms with E-state index in [2.05, 4.69) is 22.6 Å². The van der Waals surface area contributed by atoms with Gasteiger partial charge in [-0.15, -0.1) is 0 Å². The van der Waals surface area contributed by atoms with Crippen LogP contribution in [0.25, 0.3) is 0 Å². The number of hydrogen-bond acceptors (Lipinski definition) is 3. The molecule has 1 aliphatic carbocycles. The van der Waals surface area contributed by atoms with Gasteiger partial charge in [-0.2, -0.15) is 0 Å². The lowest BCUT2D eigenvalue weighted by molar-refractivity contribution is -0.120. The first kappa shape index (κ1) is 10.9. The molecule has 0 aromatic rings. The third kappa shape index (κ3) is 3.47. The van der Waals surface area contributed by atoms with Gasteiger partial charge in [0.25, 0.3) is 0 Å². The van der Waals surface area contributed by atoms with Gasteiger partial charge in [-0.05, 0) is 39.3 Å². The highest BCUT2D eigenvalue weighted by Crippen LogP contribution is 2.18. The van der Waals surface area contributed by atoms with Crippen LogP contribution in [0.2, 0.25) is 0 Å². The number of carbonyl (C=O) groups excluding carboxylic acids is 1. The summed E-state index contributed by atoms with van der Waals surface area (Å²) in [6.45, 7) is 2.61. The zero-order chi connectivity index (χ0) is 10.7. The maximum atomic E-state index is 11.4. The monoisotopic (exact) mass is 211 g/mol. The summed E-state index contributed by atoms with van der Waals surface area (Å²) in [6.07, 6.45) is 4.87. The Morgan fingerprint density at radius 2 is 2.20 bits per heavy atom. The Morgan fingerprint density at radius 1 is 1.40 bits per heavy atom. The fourth-order valence-electron chi connectivity index (χ4n) is 2.10. The molecule has 2 rings (SSSR count). The third-order valence-corrected chi connectivity index (χ3v) is 3.28. The number of nitrogens with one attached hydrogen (secondary N) is 2. The lowest BCUT2D eigenvalue weighted by Gasteiger charge is -2.19. The first-order valence-electron chi connectivity index (χ1n) is 5.96. The number of amides is 1. The molecular weight excluding hydrogens is 190 g/mol. The van der Waals surface area contributed by atoms with E-state index in [4.69, 9.17) is 0 Å². The van der Waals surface area contributed by atoms with Gasteiger partial charge < -0.3 is 15.5 Å². The molecule has 1 amide bonds. The number of carbonyl (C=O) groups is 1. The average molecular weight is 211 g/mol. The van der Waals surface area contributed by atoms with Crippen molar-refractivity contribution in [3.8, 4) is 0 Å². The Kier molecular flexibility index (Phi) is 3.59. The van der Waals surface area contributed by atoms with E-state index in [0.717, 1.165) is 19.4 Å². The summed E-state index contributed by atoms with van der Waals surface area (Å²) in [5.41, 5.74) is 0. The van der Waals surface area contributed by atoms with Gasteiger partial charge in [0, 0.05) is 18.6 Å². The standard InChI is InChI=1S/C11H21N3O/c1-14-6-2-3-10(14)7-12-8-11(15)13-9-4-5-9/h9-10,12H,2-8H2,1H3,(H,13,15). The SMILES string of the molecule is CN1CCCC1CNCC(=O)NC1CC1. The molecular formula is C11H21N3O. The minimum absolute atomic E-state index is 0.151. The Balaban J connectivity index is 1.55. The molecule has 86 valence electrons. The number of likely N-dealkylation sites (tertiary alicyclic amines) is 1. The molecule has 1 aliphatic heterocycles. The van der Waals surface area contributed by atoms with Gasteiger partial charge in [0.2, 0.25) is 5.91 Å². The first-order chi connectivity index (χ1) is 7.25. The zero-order valence-corrected chi connectivity index (χ0v) is 9.46. The summed E-state index contributed by atoms with van der Waals surface area (Å²) < 4.78 is 0. The largest absolute Gasteiger partial charge is 0.352 e. The second kappa shape index (κ2) is 4.94. The summed E-state index contributed by atoms with van der Waals surface area (Å²) in [7, 11) is 2.16. The summed E-state index contributed by atoms with van der Waals surface area (Å²) in [5, 5.41) is 6.21. The van der Waals surface area contributed by atoms with Crippen molar-refractivity contribution < 1.29 is 4.79 Å². The van der Waals surface area contributed by atoms with Crippen molar-refractivity contribution in [3.05, 3.63) is 0 Å². The summed E-state index contributed by atoms with van der Waals surface area (Å²) in [6, 6.07) is 1.10. The molecule has 0 spiro atoms. The molecule has 2 fully saturated rings. The minimum Gasteiger partial charge on any atom is -0.352 e. The van der Waals surface area contributed by atoms with Crippen LogP contribution in [0.15, 0.2) is 0 Å². The van der Waals surface area contributed by atoms with Crippen LogP contribution in [0.4, 0.5) is 0 Å². The smallest absolute Gasteiger partial charge is 0.234 e. The van der Waals surface area contributed by atoms with Crippen molar-refractivity contribution in [2.24, 2.45) is 0 Å². The lowest BCUT2D eigenvalue weighted by atomic mass is 10.2. The molecule has 1 saturated carbocycles. The van der Waals surface area contributed by atoms with E-state index in [9.17, 15) is 4.79 Å². The fourth-order valence-corrected chi connectivity index (χ4v) is 2.10. The van der Waals surface area contributed by atoms with Crippen LogP contribution in [-0.4, -0.2) is 49.6 Å². The first-order valence-corrected chi connectivity index (χ1v) is 5.96. The fraction of sp³-hybridized carbons (Fsp3) is 0.909. The van der Waals surface area contributed by atoms with Crippen molar-refractivity contribution in [2.45, 2.75) is 37.8 Å². The maximum Gasteiger partial charge on any atom is 0.234 e. The van der Waals surface area contributed by atoms with E-state index >= 15 is 0 Å². The minimum atomic E-state index is 0.151. The molecule has 1 saturated heterocycles. The predicted octanol–water partition coefficient (Wildman–Crippen LogP) is -0.0512. The average Bonchev–Trinajstić information content (AvgIpc) is 2.91. The van der Waals surface area contributed by atoms with Gasteiger partial charge in [-0.25, -0.2) is 0 Å². The second-order valence-electron chi connectivity index (χ2n) is 4.75. The molecule has 2 N–H and O–H groups in total. The number of likely N-dealkylation sites (N-methyl/N-ethyl adjacent to an activating group) is 1. The van der Waals surface area contributed by atoms with Crippen LogP contribution in [0.5, 0.6) is 0 Å². The highest BCUT2D eigenvalue weighted by molar-refractivity contribution is 5.78. The number of nitrogens with zero attached hydrogens (tertiary/aromatic N) is 1. The van der Waals surface area contributed by atoms with Crippen LogP contribution in [0.3, 0.4) is 0 Å². The van der Waals surface area contributed by atoms with Gasteiger partial charge in [-0.3, -0.25) is 4.79 Å². The molecule has 0 radical (unpaired) electrons. The summed E-state index contributed by atoms with van der Waals surface area (Å²) in [4.78, 5) is 13.7. The molecule has 0 bridgehead atoms. The van der Waals surface area contributed by atoms with Gasteiger partial charge in [-0.1, -0.05) is 0 Å². The molecule has 1 unspecified atom stereocenters. The van der Waals surface area contributed by atoms with Gasteiger partial charge in [0.15, 0.2) is 0 Å². The zero-order valence-electron chi connectivity index (χ0n) is 9.46. The van der Waals surface area contributed by atoms with Gasteiger partial charge in [0.1, 0.15) is 0 Å². The second-order valence-corrected chi connectivity index (χ2v) is 4.75. The van der Waals surface area contributed by atoms with Crippen LogP contribution in [0.1, 0.15) is 25.7 Å². The molecule has 2 aliphatic rings. The van der Waals surface area contributed by atoms with Crippen LogP contribution >= 0.6 is 0 Å². The van der Waals surface area contributed by atoms with E-state index in [1.54, 1.807) is 0 Å². The Bertz CT molecular complexity index is 228. The Morgan fingerprint density at radius 3 is 2.80 bits per heavy atom. The Hall–Kier alpha value is -0.610. The lowest BCUT2D eigenvalue weighted by Crippen LogP contribution is -2.41. The summed E-state index contributed by atoms with van der Waals surface area (Å²) in [5.74, 6) is 0.151. The van der Waals surface area contributed by atoms with Gasteiger partial charge >= 0.3 is 0 Å². The van der Waals surface area contributed by atoms with E-state index < -0.39 is 0 Å². The maximum absolute atomic E-state index is 11.4. The number of hydrogen-bond donors (Lipinski definition) is 2. The molecule has 4 heteroatoms. The van der Waals surface area contributed by atoms with Crippen molar-refractivity contribution in [3.63, 3.8) is 0 Å². The van der Waals surface area contributed by atoms with Crippen LogP contribution in [-0.2, 0) is 4.79 Å². The third-order valence-electron chi connectivity index (χ3n) is 3.28. The van der Waals surface area contributed by atoms with E-state index in [-0.39, 0.29) is 5.91 Å². The molecule has 0 aromatic carbocycles. The van der Waals surface area contributed by atoms with Gasteiger partial charge in [0.05, 0.1) is 6.54 Å². The van der Waals surface area contributed by atoms with Crippen molar-refractivity contribution >= 4 is 5.91 Å². The topological polar surface area (TPSA) is 44.4 Å². The molecule has 0 aromatic heterocycles. The van der Waals surface area contributed by atoms with Crippen LogP contribution < -0.4 is 10.6 Å². The van der Waals surface area contributed by atoms with E-state index in [1.807, 2.05) is 0 Å². The van der Waals surface area contributed by atoms with Crippen molar-refractivity contribution in [1.82, 2.24) is 15.5 Å². The Labute approximate surface area is 91.4 Å². The quantitative estimate of drug-likeness (QED) is 0.670. The molecule has 4 nitrogen and oxygen atoms in total. The van der Waals surface area contributed by atoms with Crippen molar-refractivity contribution in [1.29, 1.82) is 0 Å². The summed E-state index contributed by atoms with van der Waals surface area (Å²) >= 11 is 0. The highest BCUT2D eigenvalue weighted by Gasteiger charge is 2.23. The van der Waals surface area contributed by atoms with E-state index in [1.165, 1.54) is 19.4 Å².